The average Bonchev–Trinajstić information content (AvgIpc) is 3.25. The fraction of sp³-hybridized carbons (Fsp3) is 0.838. The first-order chi connectivity index (χ1) is 19.3. The van der Waals surface area contributed by atoms with Gasteiger partial charge >= 0.3 is 0 Å². The Balaban J connectivity index is 1.91. The van der Waals surface area contributed by atoms with E-state index in [1.165, 1.54) is 13.0 Å². The molecule has 1 aliphatic heterocycles. The molecule has 0 spiro atoms. The molecule has 0 atom stereocenters. The molecule has 6 rings (SSSR count). The highest BCUT2D eigenvalue weighted by Gasteiger charge is 2.64. The lowest BCUT2D eigenvalue weighted by molar-refractivity contribution is -0.0555. The van der Waals surface area contributed by atoms with Crippen molar-refractivity contribution >= 4 is 37.3 Å². The molecule has 5 heteroatoms. The van der Waals surface area contributed by atoms with Gasteiger partial charge in [-0.15, -0.1) is 0 Å². The molecule has 0 N–H and O–H groups in total. The maximum Gasteiger partial charge on any atom is 0.104 e. The zero-order chi connectivity index (χ0) is 31.2. The smallest absolute Gasteiger partial charge is 0.104 e. The number of hydrogen-bond acceptors (Lipinski definition) is 1. The Bertz CT molecular complexity index is 1130. The van der Waals surface area contributed by atoms with Crippen LogP contribution in [0.15, 0.2) is 12.1 Å². The summed E-state index contributed by atoms with van der Waals surface area (Å²) in [6, 6.07) is 5.42. The molecule has 1 aromatic rings. The molecule has 0 unspecified atom stereocenters. The van der Waals surface area contributed by atoms with E-state index in [2.05, 4.69) is 111 Å². The van der Waals surface area contributed by atoms with E-state index >= 15 is 0 Å². The van der Waals surface area contributed by atoms with Gasteiger partial charge in [-0.3, -0.25) is 0 Å². The van der Waals surface area contributed by atoms with Crippen LogP contribution >= 0.6 is 0 Å². The highest BCUT2D eigenvalue weighted by atomic mass is 28.9. The van der Waals surface area contributed by atoms with Gasteiger partial charge in [0.1, 0.15) is 8.05 Å². The highest BCUT2D eigenvalue weighted by molar-refractivity contribution is 7.19. The van der Waals surface area contributed by atoms with E-state index in [4.69, 9.17) is 0 Å². The van der Waals surface area contributed by atoms with E-state index in [9.17, 15) is 0 Å². The first-order valence-electron chi connectivity index (χ1n) is 18.0. The van der Waals surface area contributed by atoms with Gasteiger partial charge in [0.05, 0.1) is 24.0 Å². The Morgan fingerprint density at radius 3 is 1.48 bits per heavy atom. The summed E-state index contributed by atoms with van der Waals surface area (Å²) in [6.45, 7) is 38.7. The monoisotopic (exact) mass is 637 g/mol. The van der Waals surface area contributed by atoms with Gasteiger partial charge in [0.2, 0.25) is 0 Å². The summed E-state index contributed by atoms with van der Waals surface area (Å²) in [5.74, 6) is 4.89. The van der Waals surface area contributed by atoms with Crippen molar-refractivity contribution in [2.45, 2.75) is 173 Å². The molecule has 42 heavy (non-hydrogen) atoms. The molecule has 236 valence electrons. The molecule has 0 amide bonds. The lowest BCUT2D eigenvalue weighted by Gasteiger charge is -2.62. The maximum absolute atomic E-state index is 3.50. The lowest BCUT2D eigenvalue weighted by atomic mass is 9.53. The van der Waals surface area contributed by atoms with Crippen molar-refractivity contribution in [1.29, 1.82) is 0 Å². The topological polar surface area (TPSA) is 3.24 Å². The van der Waals surface area contributed by atoms with Crippen LogP contribution in [0.25, 0.3) is 0 Å². The molecule has 1 nitrogen and oxygen atoms in total. The van der Waals surface area contributed by atoms with Crippen molar-refractivity contribution in [2.24, 2.45) is 17.8 Å². The minimum atomic E-state index is -1.50. The van der Waals surface area contributed by atoms with Gasteiger partial charge < -0.3 is 4.57 Å². The Labute approximate surface area is 266 Å². The number of benzene rings is 1. The zero-order valence-electron chi connectivity index (χ0n) is 30.3. The van der Waals surface area contributed by atoms with Gasteiger partial charge in [-0.1, -0.05) is 107 Å². The van der Waals surface area contributed by atoms with Crippen LogP contribution in [0.2, 0.25) is 49.1 Å². The van der Waals surface area contributed by atoms with Crippen molar-refractivity contribution in [2.75, 3.05) is 6.54 Å². The minimum Gasteiger partial charge on any atom is -0.405 e. The van der Waals surface area contributed by atoms with Crippen LogP contribution < -0.4 is 5.19 Å². The van der Waals surface area contributed by atoms with Crippen LogP contribution in [-0.4, -0.2) is 48.7 Å². The lowest BCUT2D eigenvalue weighted by Crippen LogP contribution is -2.68. The molecule has 0 aromatic heterocycles. The quantitative estimate of drug-likeness (QED) is 0.256. The van der Waals surface area contributed by atoms with Crippen molar-refractivity contribution in [1.82, 2.24) is 4.57 Å². The summed E-state index contributed by atoms with van der Waals surface area (Å²) in [4.78, 5) is 0. The van der Waals surface area contributed by atoms with Crippen LogP contribution in [0.3, 0.4) is 0 Å². The molecule has 1 heterocycles. The molecular weight excluding hydrogens is 571 g/mol. The molecule has 4 bridgehead atoms. The van der Waals surface area contributed by atoms with Crippen molar-refractivity contribution < 1.29 is 0 Å². The Hall–Kier alpha value is -0.112. The van der Waals surface area contributed by atoms with E-state index in [-0.39, 0.29) is 0 Å². The van der Waals surface area contributed by atoms with E-state index < -0.39 is 32.1 Å². The third-order valence-corrected chi connectivity index (χ3v) is 41.5. The summed E-state index contributed by atoms with van der Waals surface area (Å²) in [7, 11) is -4.61. The van der Waals surface area contributed by atoms with Crippen LogP contribution in [0.1, 0.15) is 135 Å². The molecule has 4 aliphatic carbocycles. The highest BCUT2D eigenvalue weighted by Crippen LogP contribution is 2.62. The van der Waals surface area contributed by atoms with Gasteiger partial charge in [0.25, 0.3) is 0 Å². The van der Waals surface area contributed by atoms with Gasteiger partial charge in [-0.25, -0.2) is 0 Å². The third-order valence-electron chi connectivity index (χ3n) is 12.8. The fourth-order valence-corrected chi connectivity index (χ4v) is 50.1. The van der Waals surface area contributed by atoms with Crippen LogP contribution in [0.4, 0.5) is 0 Å². The van der Waals surface area contributed by atoms with Gasteiger partial charge in [0, 0.05) is 12.1 Å². The summed E-state index contributed by atoms with van der Waals surface area (Å²) < 4.78 is 4.16. The predicted octanol–water partition coefficient (Wildman–Crippen LogP) is 10.4. The third kappa shape index (κ3) is 5.28. The Kier molecular flexibility index (Phi) is 8.94. The summed E-state index contributed by atoms with van der Waals surface area (Å²) in [5, 5.41) is 1.94. The standard InChI is InChI=1S/C37H67NSi4/c1-25(2)32-20-33(26(3)4)35(34(21-32)27(5)6)39(28(7)8)40-37(41(9,10)11,42(12,13)14)15-16-38(40)36-22-29-17-30(23-36)19-31(18-29)24-36/h20-21,25-31H,15-19,22-24H2,1-14H3/b40-39-. The van der Waals surface area contributed by atoms with E-state index in [1.54, 1.807) is 55.2 Å². The molecule has 1 saturated heterocycles. The minimum absolute atomic E-state index is 0.544. The fourth-order valence-electron chi connectivity index (χ4n) is 11.5. The largest absolute Gasteiger partial charge is 0.405 e. The first kappa shape index (κ1) is 33.3. The van der Waals surface area contributed by atoms with E-state index in [0.29, 0.717) is 27.6 Å². The average molecular weight is 638 g/mol. The van der Waals surface area contributed by atoms with Crippen LogP contribution in [0.5, 0.6) is 0 Å². The Morgan fingerprint density at radius 2 is 1.14 bits per heavy atom. The predicted molar refractivity (Wildman–Crippen MR) is 197 cm³/mol. The van der Waals surface area contributed by atoms with Crippen LogP contribution in [-0.2, 0) is 0 Å². The SMILES string of the molecule is CC(C)c1cc(C(C)C)c(/[Si](C(C)C)=[Si]2\N(C34CC5CC(CC(C5)C3)C4)CCC2([Si](C)(C)C)[Si](C)(C)C)c(C(C)C)c1. The summed E-state index contributed by atoms with van der Waals surface area (Å²) in [6.07, 6.45) is 10.9. The normalized spacial score (nSPS) is 30.5. The molecule has 5 aliphatic rings. The van der Waals surface area contributed by atoms with Gasteiger partial charge in [-0.2, -0.15) is 0 Å². The van der Waals surface area contributed by atoms with Gasteiger partial charge in [-0.05, 0) is 112 Å². The molecule has 1 aromatic carbocycles. The second-order valence-electron chi connectivity index (χ2n) is 18.9. The summed E-state index contributed by atoms with van der Waals surface area (Å²) >= 11 is 0. The molecular formula is C37H67NSi4. The van der Waals surface area contributed by atoms with Gasteiger partial charge in [0.15, 0.2) is 0 Å². The Morgan fingerprint density at radius 1 is 0.714 bits per heavy atom. The zero-order valence-corrected chi connectivity index (χ0v) is 34.3. The second-order valence-corrected chi connectivity index (χ2v) is 38.7. The molecule has 5 fully saturated rings. The number of rotatable bonds is 8. The van der Waals surface area contributed by atoms with E-state index in [1.807, 2.05) is 5.19 Å². The molecule has 4 saturated carbocycles. The summed E-state index contributed by atoms with van der Waals surface area (Å²) in [5.41, 5.74) is 6.41. The number of hydrogen-bond donors (Lipinski definition) is 0. The van der Waals surface area contributed by atoms with E-state index in [0.717, 1.165) is 23.3 Å². The second kappa shape index (κ2) is 11.3. The first-order valence-corrected chi connectivity index (χ1v) is 29.1. The maximum atomic E-state index is 3.50. The van der Waals surface area contributed by atoms with Crippen molar-refractivity contribution in [3.8, 4) is 0 Å². The number of nitrogens with zero attached hydrogens (tertiary/aromatic N) is 1. The van der Waals surface area contributed by atoms with Crippen molar-refractivity contribution in [3.63, 3.8) is 0 Å². The van der Waals surface area contributed by atoms with Crippen LogP contribution in [0, 0.1) is 17.8 Å². The molecule has 0 radical (unpaired) electrons. The van der Waals surface area contributed by atoms with Crippen molar-refractivity contribution in [3.05, 3.63) is 28.8 Å².